The molecule has 32 heavy (non-hydrogen) atoms. The lowest BCUT2D eigenvalue weighted by Crippen LogP contribution is -2.41. The number of anilines is 1. The van der Waals surface area contributed by atoms with Crippen molar-refractivity contribution in [1.82, 2.24) is 20.0 Å². The van der Waals surface area contributed by atoms with Crippen molar-refractivity contribution >= 4 is 39.3 Å². The Kier molecular flexibility index (Phi) is 6.99. The number of nitrogens with zero attached hydrogens (tertiary/aromatic N) is 3. The maximum Gasteiger partial charge on any atom is 0.410 e. The summed E-state index contributed by atoms with van der Waals surface area (Å²) >= 11 is 9.68. The Labute approximate surface area is 196 Å². The summed E-state index contributed by atoms with van der Waals surface area (Å²) in [6, 6.07) is 4.48. The number of aromatic nitrogens is 2. The van der Waals surface area contributed by atoms with Crippen LogP contribution in [-0.2, 0) is 4.74 Å². The second-order valence-corrected chi connectivity index (χ2v) is 9.00. The number of alkyl halides is 3. The van der Waals surface area contributed by atoms with E-state index in [1.165, 1.54) is 0 Å². The number of ether oxygens (including phenoxy) is 1. The van der Waals surface area contributed by atoms with E-state index in [1.807, 2.05) is 0 Å². The van der Waals surface area contributed by atoms with Gasteiger partial charge in [0.05, 0.1) is 19.3 Å². The van der Waals surface area contributed by atoms with Crippen molar-refractivity contribution in [2.45, 2.75) is 24.7 Å². The standard InChI is InChI=1S/C20H22BrClF3N5O2/c21-13-3-1-12(2-4-13)14-11-15(20(23,24)25)30-18(27-14)16(22)17(28-30)19(31)26-5-6-29-7-9-32-10-8-29/h1-4,14-15,27H,5-11H2,(H,26,31)/t14-,15+/m1/s1. The van der Waals surface area contributed by atoms with E-state index in [9.17, 15) is 18.0 Å². The molecule has 0 aliphatic carbocycles. The third-order valence-electron chi connectivity index (χ3n) is 5.60. The smallest absolute Gasteiger partial charge is 0.379 e. The molecule has 3 heterocycles. The monoisotopic (exact) mass is 535 g/mol. The number of halogens is 5. The average molecular weight is 537 g/mol. The second-order valence-electron chi connectivity index (χ2n) is 7.71. The molecule has 2 aromatic rings. The summed E-state index contributed by atoms with van der Waals surface area (Å²) < 4.78 is 48.5. The van der Waals surface area contributed by atoms with Crippen LogP contribution in [0.5, 0.6) is 0 Å². The molecule has 2 aliphatic rings. The molecule has 174 valence electrons. The highest BCUT2D eigenvalue weighted by Gasteiger charge is 2.47. The lowest BCUT2D eigenvalue weighted by molar-refractivity contribution is -0.173. The second kappa shape index (κ2) is 9.58. The zero-order chi connectivity index (χ0) is 22.9. The summed E-state index contributed by atoms with van der Waals surface area (Å²) in [4.78, 5) is 14.8. The fourth-order valence-electron chi connectivity index (χ4n) is 3.88. The van der Waals surface area contributed by atoms with Gasteiger partial charge in [-0.15, -0.1) is 0 Å². The van der Waals surface area contributed by atoms with Crippen LogP contribution in [0.2, 0.25) is 5.02 Å². The van der Waals surface area contributed by atoms with Crippen LogP contribution in [0.15, 0.2) is 28.7 Å². The van der Waals surface area contributed by atoms with Gasteiger partial charge in [0.15, 0.2) is 11.7 Å². The van der Waals surface area contributed by atoms with E-state index in [2.05, 4.69) is 36.6 Å². The highest BCUT2D eigenvalue weighted by molar-refractivity contribution is 9.10. The van der Waals surface area contributed by atoms with Gasteiger partial charge in [-0.1, -0.05) is 39.7 Å². The zero-order valence-electron chi connectivity index (χ0n) is 17.0. The Morgan fingerprint density at radius 2 is 1.97 bits per heavy atom. The van der Waals surface area contributed by atoms with Crippen LogP contribution in [0, 0.1) is 0 Å². The van der Waals surface area contributed by atoms with E-state index < -0.39 is 24.2 Å². The van der Waals surface area contributed by atoms with Crippen LogP contribution in [0.4, 0.5) is 19.0 Å². The van der Waals surface area contributed by atoms with Gasteiger partial charge in [-0.05, 0) is 17.7 Å². The molecular formula is C20H22BrClF3N5O2. The van der Waals surface area contributed by atoms with Gasteiger partial charge < -0.3 is 15.4 Å². The summed E-state index contributed by atoms with van der Waals surface area (Å²) in [5.41, 5.74) is 0.462. The Hall–Kier alpha value is -1.82. The van der Waals surface area contributed by atoms with Crippen molar-refractivity contribution < 1.29 is 22.7 Å². The molecule has 1 fully saturated rings. The summed E-state index contributed by atoms with van der Waals surface area (Å²) in [5, 5.41) is 9.57. The van der Waals surface area contributed by atoms with Crippen molar-refractivity contribution in [3.63, 3.8) is 0 Å². The van der Waals surface area contributed by atoms with E-state index in [-0.39, 0.29) is 23.0 Å². The third-order valence-corrected chi connectivity index (χ3v) is 6.49. The maximum absolute atomic E-state index is 13.9. The number of morpholine rings is 1. The predicted octanol–water partition coefficient (Wildman–Crippen LogP) is 4.02. The van der Waals surface area contributed by atoms with Crippen molar-refractivity contribution in [1.29, 1.82) is 0 Å². The molecule has 2 atom stereocenters. The molecule has 0 spiro atoms. The normalized spacial score (nSPS) is 21.7. The van der Waals surface area contributed by atoms with Gasteiger partial charge in [0.2, 0.25) is 0 Å². The number of amides is 1. The van der Waals surface area contributed by atoms with Crippen molar-refractivity contribution in [2.24, 2.45) is 0 Å². The quantitative estimate of drug-likeness (QED) is 0.604. The molecule has 0 bridgehead atoms. The summed E-state index contributed by atoms with van der Waals surface area (Å²) in [6.07, 6.45) is -4.82. The van der Waals surface area contributed by atoms with Gasteiger partial charge in [0.1, 0.15) is 10.8 Å². The molecule has 12 heteroatoms. The minimum absolute atomic E-state index is 0.00788. The first-order valence-corrected chi connectivity index (χ1v) is 11.4. The lowest BCUT2D eigenvalue weighted by atomic mass is 9.97. The highest BCUT2D eigenvalue weighted by Crippen LogP contribution is 2.46. The Balaban J connectivity index is 1.53. The van der Waals surface area contributed by atoms with Gasteiger partial charge in [-0.3, -0.25) is 9.69 Å². The topological polar surface area (TPSA) is 71.4 Å². The zero-order valence-corrected chi connectivity index (χ0v) is 19.3. The fourth-order valence-corrected chi connectivity index (χ4v) is 4.41. The van der Waals surface area contributed by atoms with Crippen molar-refractivity contribution in [3.8, 4) is 0 Å². The number of hydrogen-bond donors (Lipinski definition) is 2. The largest absolute Gasteiger partial charge is 0.410 e. The van der Waals surface area contributed by atoms with Gasteiger partial charge in [0.25, 0.3) is 5.91 Å². The first-order chi connectivity index (χ1) is 15.2. The fraction of sp³-hybridized carbons (Fsp3) is 0.500. The van der Waals surface area contributed by atoms with Gasteiger partial charge in [0, 0.05) is 37.1 Å². The molecular weight excluding hydrogens is 515 g/mol. The molecule has 2 aliphatic heterocycles. The van der Waals surface area contributed by atoms with Crippen LogP contribution in [0.25, 0.3) is 0 Å². The summed E-state index contributed by atoms with van der Waals surface area (Å²) in [5.74, 6) is -0.612. The number of nitrogens with one attached hydrogen (secondary N) is 2. The molecule has 1 amide bonds. The summed E-state index contributed by atoms with van der Waals surface area (Å²) in [6.45, 7) is 3.74. The molecule has 7 nitrogen and oxygen atoms in total. The number of carbonyl (C=O) groups is 1. The van der Waals surface area contributed by atoms with E-state index in [0.717, 1.165) is 22.2 Å². The molecule has 0 saturated carbocycles. The number of carbonyl (C=O) groups excluding carboxylic acids is 1. The SMILES string of the molecule is O=C(NCCN1CCOCC1)c1nn2c(c1Cl)N[C@@H](c1ccc(Br)cc1)C[C@H]2C(F)(F)F. The van der Waals surface area contributed by atoms with Crippen molar-refractivity contribution in [2.75, 3.05) is 44.7 Å². The number of hydrogen-bond acceptors (Lipinski definition) is 5. The first kappa shape index (κ1) is 23.3. The van der Waals surface area contributed by atoms with E-state index in [1.54, 1.807) is 24.3 Å². The van der Waals surface area contributed by atoms with E-state index >= 15 is 0 Å². The molecule has 4 rings (SSSR count). The van der Waals surface area contributed by atoms with Crippen LogP contribution < -0.4 is 10.6 Å². The molecule has 1 aromatic heterocycles. The van der Waals surface area contributed by atoms with Crippen LogP contribution in [0.3, 0.4) is 0 Å². The lowest BCUT2D eigenvalue weighted by Gasteiger charge is -2.33. The Bertz CT molecular complexity index is 963. The average Bonchev–Trinajstić information content (AvgIpc) is 3.10. The Morgan fingerprint density at radius 1 is 1.28 bits per heavy atom. The molecule has 1 aromatic carbocycles. The van der Waals surface area contributed by atoms with Crippen LogP contribution >= 0.6 is 27.5 Å². The van der Waals surface area contributed by atoms with Crippen LogP contribution in [-0.4, -0.2) is 66.2 Å². The number of benzene rings is 1. The first-order valence-electron chi connectivity index (χ1n) is 10.2. The predicted molar refractivity (Wildman–Crippen MR) is 117 cm³/mol. The minimum Gasteiger partial charge on any atom is -0.379 e. The van der Waals surface area contributed by atoms with Gasteiger partial charge >= 0.3 is 6.18 Å². The van der Waals surface area contributed by atoms with E-state index in [0.29, 0.717) is 31.9 Å². The third kappa shape index (κ3) is 5.05. The molecule has 2 N–H and O–H groups in total. The number of rotatable bonds is 5. The van der Waals surface area contributed by atoms with Gasteiger partial charge in [-0.2, -0.15) is 18.3 Å². The maximum atomic E-state index is 13.9. The van der Waals surface area contributed by atoms with Gasteiger partial charge in [-0.25, -0.2) is 4.68 Å². The molecule has 1 saturated heterocycles. The highest BCUT2D eigenvalue weighted by atomic mass is 79.9. The van der Waals surface area contributed by atoms with Crippen LogP contribution in [0.1, 0.15) is 34.6 Å². The van der Waals surface area contributed by atoms with Crippen molar-refractivity contribution in [3.05, 3.63) is 45.0 Å². The summed E-state index contributed by atoms with van der Waals surface area (Å²) in [7, 11) is 0. The minimum atomic E-state index is -4.55. The number of fused-ring (bicyclic) bond motifs is 1. The Morgan fingerprint density at radius 3 is 2.62 bits per heavy atom. The molecule has 0 radical (unpaired) electrons. The molecule has 0 unspecified atom stereocenters. The van der Waals surface area contributed by atoms with E-state index in [4.69, 9.17) is 16.3 Å².